The molecule has 4 aromatic rings. The Balaban J connectivity index is 1.46. The summed E-state index contributed by atoms with van der Waals surface area (Å²) in [6, 6.07) is 12.9. The lowest BCUT2D eigenvalue weighted by Gasteiger charge is -2.28. The molecule has 0 spiro atoms. The molecule has 1 amide bonds. The van der Waals surface area contributed by atoms with Crippen LogP contribution >= 0.6 is 0 Å². The van der Waals surface area contributed by atoms with Gasteiger partial charge in [-0.2, -0.15) is 0 Å². The number of hydrogen-bond acceptors (Lipinski definition) is 7. The topological polar surface area (TPSA) is 107 Å². The number of benzene rings is 1. The zero-order valence-electron chi connectivity index (χ0n) is 20.4. The van der Waals surface area contributed by atoms with Crippen LogP contribution in [0.25, 0.3) is 16.5 Å². The maximum atomic E-state index is 13.8. The average Bonchev–Trinajstić information content (AvgIpc) is 2.93. The quantitative estimate of drug-likeness (QED) is 0.432. The minimum atomic E-state index is -0.361. The molecule has 2 N–H and O–H groups in total. The van der Waals surface area contributed by atoms with Crippen molar-refractivity contribution in [2.45, 2.75) is 32.9 Å². The van der Waals surface area contributed by atoms with Gasteiger partial charge in [0.05, 0.1) is 37.0 Å². The van der Waals surface area contributed by atoms with Crippen molar-refractivity contribution >= 4 is 28.2 Å². The summed E-state index contributed by atoms with van der Waals surface area (Å²) in [5.74, 6) is 0.925. The molecule has 3 aromatic heterocycles. The fourth-order valence-corrected chi connectivity index (χ4v) is 4.32. The molecule has 8 nitrogen and oxygen atoms in total. The van der Waals surface area contributed by atoms with Gasteiger partial charge in [-0.25, -0.2) is 15.0 Å². The maximum Gasteiger partial charge on any atom is 0.254 e. The third-order valence-corrected chi connectivity index (χ3v) is 6.47. The van der Waals surface area contributed by atoms with Crippen LogP contribution in [0.5, 0.6) is 0 Å². The van der Waals surface area contributed by atoms with Gasteiger partial charge in [0.1, 0.15) is 11.6 Å². The number of anilines is 1. The van der Waals surface area contributed by atoms with Gasteiger partial charge in [0, 0.05) is 29.5 Å². The molecule has 0 fully saturated rings. The lowest BCUT2D eigenvalue weighted by atomic mass is 10.0. The zero-order valence-corrected chi connectivity index (χ0v) is 20.4. The summed E-state index contributed by atoms with van der Waals surface area (Å²) >= 11 is 0. The molecule has 1 aliphatic rings. The molecule has 4 heterocycles. The first-order valence-electron chi connectivity index (χ1n) is 12.0. The number of carbonyl (C=O) groups excluding carboxylic acids is 1. The van der Waals surface area contributed by atoms with Crippen LogP contribution in [0.1, 0.15) is 52.4 Å². The van der Waals surface area contributed by atoms with Crippen LogP contribution in [0.15, 0.2) is 67.1 Å². The highest BCUT2D eigenvalue weighted by Gasteiger charge is 2.26. The van der Waals surface area contributed by atoms with E-state index in [9.17, 15) is 4.79 Å². The van der Waals surface area contributed by atoms with Crippen LogP contribution in [0.3, 0.4) is 0 Å². The Bertz CT molecular complexity index is 1420. The number of amides is 1. The minimum absolute atomic E-state index is 0.135. The van der Waals surface area contributed by atoms with Crippen molar-refractivity contribution in [3.63, 3.8) is 0 Å². The van der Waals surface area contributed by atoms with E-state index in [0.29, 0.717) is 30.4 Å². The van der Waals surface area contributed by atoms with E-state index in [2.05, 4.69) is 32.1 Å². The van der Waals surface area contributed by atoms with Crippen molar-refractivity contribution < 1.29 is 9.53 Å². The lowest BCUT2D eigenvalue weighted by Crippen LogP contribution is -2.34. The van der Waals surface area contributed by atoms with Crippen LogP contribution in [-0.2, 0) is 11.3 Å². The van der Waals surface area contributed by atoms with Gasteiger partial charge >= 0.3 is 0 Å². The Labute approximate surface area is 209 Å². The first kappa shape index (κ1) is 23.6. The van der Waals surface area contributed by atoms with Gasteiger partial charge in [0.15, 0.2) is 0 Å². The molecule has 5 rings (SSSR count). The second-order valence-electron chi connectivity index (χ2n) is 8.91. The van der Waals surface area contributed by atoms with Gasteiger partial charge in [0.25, 0.3) is 5.91 Å². The summed E-state index contributed by atoms with van der Waals surface area (Å²) in [5.41, 5.74) is 11.2. The van der Waals surface area contributed by atoms with E-state index in [1.807, 2.05) is 44.3 Å². The van der Waals surface area contributed by atoms with Crippen molar-refractivity contribution in [3.05, 3.63) is 95.3 Å². The van der Waals surface area contributed by atoms with E-state index in [0.717, 1.165) is 40.8 Å². The Hall–Kier alpha value is -4.17. The van der Waals surface area contributed by atoms with Crippen molar-refractivity contribution in [2.24, 2.45) is 0 Å². The number of nitrogen functional groups attached to an aromatic ring is 1. The van der Waals surface area contributed by atoms with Crippen molar-refractivity contribution in [2.75, 3.05) is 18.9 Å². The predicted molar refractivity (Wildman–Crippen MR) is 139 cm³/mol. The van der Waals surface area contributed by atoms with Crippen LogP contribution in [0.4, 0.5) is 5.82 Å². The number of nitrogens with two attached hydrogens (primary N) is 1. The molecular weight excluding hydrogens is 452 g/mol. The number of nitrogens with zero attached hydrogens (tertiary/aromatic N) is 5. The van der Waals surface area contributed by atoms with E-state index >= 15 is 0 Å². The number of pyridine rings is 2. The summed E-state index contributed by atoms with van der Waals surface area (Å²) in [5, 5.41) is 0.864. The second kappa shape index (κ2) is 10.2. The molecular formula is C28H28N6O2. The van der Waals surface area contributed by atoms with E-state index in [1.165, 1.54) is 5.57 Å². The minimum Gasteiger partial charge on any atom is -0.383 e. The van der Waals surface area contributed by atoms with Gasteiger partial charge in [-0.15, -0.1) is 0 Å². The van der Waals surface area contributed by atoms with Crippen molar-refractivity contribution in [1.29, 1.82) is 0 Å². The normalized spacial score (nSPS) is 14.3. The number of aryl methyl sites for hydroxylation is 1. The first-order chi connectivity index (χ1) is 17.5. The molecule has 36 heavy (non-hydrogen) atoms. The SMILES string of the molecule is Cc1cc2cc(C(=O)N(Cc3ccc(C4=CCOCC4)cn3)[C@@H](C)c3ncccn3)ccc2nc1N. The molecule has 0 unspecified atom stereocenters. The molecule has 1 aliphatic heterocycles. The number of fused-ring (bicyclic) bond motifs is 1. The standard InChI is InChI=1S/C28H28N6O2/c1-18-14-23-15-21(5-7-25(23)33-26(18)29)28(35)34(19(2)27-30-10-3-11-31-27)17-24-6-4-22(16-32-24)20-8-12-36-13-9-20/h3-8,10-11,14-16,19H,9,12-13,17H2,1-2H3,(H2,29,33)/t19-/m0/s1. The number of ether oxygens (including phenoxy) is 1. The molecule has 0 radical (unpaired) electrons. The van der Waals surface area contributed by atoms with Gasteiger partial charge < -0.3 is 15.4 Å². The number of rotatable bonds is 6. The second-order valence-corrected chi connectivity index (χ2v) is 8.91. The van der Waals surface area contributed by atoms with Crippen molar-refractivity contribution in [1.82, 2.24) is 24.8 Å². The van der Waals surface area contributed by atoms with Gasteiger partial charge in [-0.05, 0) is 73.4 Å². The largest absolute Gasteiger partial charge is 0.383 e. The zero-order chi connectivity index (χ0) is 25.1. The van der Waals surface area contributed by atoms with E-state index in [-0.39, 0.29) is 11.9 Å². The monoisotopic (exact) mass is 480 g/mol. The predicted octanol–water partition coefficient (Wildman–Crippen LogP) is 4.52. The van der Waals surface area contributed by atoms with Crippen LogP contribution in [0, 0.1) is 6.92 Å². The van der Waals surface area contributed by atoms with Gasteiger partial charge in [0.2, 0.25) is 0 Å². The smallest absolute Gasteiger partial charge is 0.254 e. The average molecular weight is 481 g/mol. The van der Waals surface area contributed by atoms with Gasteiger partial charge in [-0.3, -0.25) is 9.78 Å². The number of carbonyl (C=O) groups is 1. The summed E-state index contributed by atoms with van der Waals surface area (Å²) in [6.07, 6.45) is 8.20. The Morgan fingerprint density at radius 2 is 1.97 bits per heavy atom. The summed E-state index contributed by atoms with van der Waals surface area (Å²) in [6.45, 7) is 5.50. The lowest BCUT2D eigenvalue weighted by molar-refractivity contribution is 0.0663. The van der Waals surface area contributed by atoms with Crippen LogP contribution in [-0.4, -0.2) is 44.0 Å². The van der Waals surface area contributed by atoms with Crippen LogP contribution in [0.2, 0.25) is 0 Å². The van der Waals surface area contributed by atoms with E-state index in [1.54, 1.807) is 29.4 Å². The molecule has 182 valence electrons. The molecule has 0 aliphatic carbocycles. The number of hydrogen-bond donors (Lipinski definition) is 1. The summed E-state index contributed by atoms with van der Waals surface area (Å²) in [4.78, 5) is 33.5. The Morgan fingerprint density at radius 1 is 1.14 bits per heavy atom. The van der Waals surface area contributed by atoms with Crippen molar-refractivity contribution in [3.8, 4) is 0 Å². The van der Waals surface area contributed by atoms with E-state index < -0.39 is 0 Å². The third kappa shape index (κ3) is 4.94. The Kier molecular flexibility index (Phi) is 6.69. The summed E-state index contributed by atoms with van der Waals surface area (Å²) in [7, 11) is 0. The maximum absolute atomic E-state index is 13.8. The molecule has 1 atom stereocenters. The highest BCUT2D eigenvalue weighted by molar-refractivity contribution is 5.98. The molecule has 0 saturated heterocycles. The summed E-state index contributed by atoms with van der Waals surface area (Å²) < 4.78 is 5.41. The fraction of sp³-hybridized carbons (Fsp3) is 0.250. The number of aromatic nitrogens is 4. The molecule has 1 aromatic carbocycles. The molecule has 0 saturated carbocycles. The molecule has 8 heteroatoms. The van der Waals surface area contributed by atoms with Gasteiger partial charge in [-0.1, -0.05) is 12.1 Å². The third-order valence-electron chi connectivity index (χ3n) is 6.47. The molecule has 0 bridgehead atoms. The highest BCUT2D eigenvalue weighted by atomic mass is 16.5. The fourth-order valence-electron chi connectivity index (χ4n) is 4.32. The highest BCUT2D eigenvalue weighted by Crippen LogP contribution is 2.26. The first-order valence-corrected chi connectivity index (χ1v) is 12.0. The van der Waals surface area contributed by atoms with Crippen LogP contribution < -0.4 is 5.73 Å². The van der Waals surface area contributed by atoms with E-state index in [4.69, 9.17) is 10.5 Å². The Morgan fingerprint density at radius 3 is 2.69 bits per heavy atom.